The van der Waals surface area contributed by atoms with Gasteiger partial charge in [0.05, 0.1) is 22.3 Å². The number of pyridine rings is 1. The lowest BCUT2D eigenvalue weighted by Gasteiger charge is -2.29. The van der Waals surface area contributed by atoms with Crippen molar-refractivity contribution in [2.45, 2.75) is 26.3 Å². The van der Waals surface area contributed by atoms with Gasteiger partial charge < -0.3 is 5.32 Å². The first-order chi connectivity index (χ1) is 14.0. The molecule has 0 saturated carbocycles. The third-order valence-electron chi connectivity index (χ3n) is 5.45. The summed E-state index contributed by atoms with van der Waals surface area (Å²) in [6, 6.07) is 15.0. The van der Waals surface area contributed by atoms with Gasteiger partial charge in [-0.25, -0.2) is 0 Å². The largest absolute Gasteiger partial charge is 0.322 e. The Balaban J connectivity index is 1.70. The van der Waals surface area contributed by atoms with E-state index in [1.807, 2.05) is 38.1 Å². The van der Waals surface area contributed by atoms with E-state index in [-0.39, 0.29) is 5.92 Å². The minimum absolute atomic E-state index is 0.208. The van der Waals surface area contributed by atoms with Crippen LogP contribution in [0.5, 0.6) is 0 Å². The number of anilines is 1. The summed E-state index contributed by atoms with van der Waals surface area (Å²) in [7, 11) is 0. The fourth-order valence-corrected chi connectivity index (χ4v) is 3.73. The van der Waals surface area contributed by atoms with Crippen molar-refractivity contribution in [3.05, 3.63) is 71.9 Å². The number of carbonyl (C=O) groups is 3. The quantitative estimate of drug-likeness (QED) is 0.674. The summed E-state index contributed by atoms with van der Waals surface area (Å²) in [6.45, 7) is 3.80. The van der Waals surface area contributed by atoms with Crippen molar-refractivity contribution >= 4 is 34.3 Å². The van der Waals surface area contributed by atoms with Crippen LogP contribution in [0.3, 0.4) is 0 Å². The fraction of sp³-hybridized carbons (Fsp3) is 0.217. The van der Waals surface area contributed by atoms with E-state index in [1.54, 1.807) is 36.5 Å². The van der Waals surface area contributed by atoms with E-state index in [2.05, 4.69) is 10.3 Å². The molecular formula is C23H21N3O3. The molecule has 1 aliphatic rings. The van der Waals surface area contributed by atoms with Crippen LogP contribution in [-0.2, 0) is 4.79 Å². The van der Waals surface area contributed by atoms with Gasteiger partial charge in [-0.2, -0.15) is 0 Å². The van der Waals surface area contributed by atoms with E-state index in [0.29, 0.717) is 28.8 Å². The van der Waals surface area contributed by atoms with Crippen LogP contribution >= 0.6 is 0 Å². The van der Waals surface area contributed by atoms with E-state index < -0.39 is 23.8 Å². The molecule has 0 saturated heterocycles. The van der Waals surface area contributed by atoms with Gasteiger partial charge in [-0.15, -0.1) is 0 Å². The molecule has 0 aliphatic carbocycles. The van der Waals surface area contributed by atoms with Crippen LogP contribution < -0.4 is 5.32 Å². The monoisotopic (exact) mass is 387 g/mol. The number of rotatable bonds is 5. The summed E-state index contributed by atoms with van der Waals surface area (Å²) >= 11 is 0. The molecule has 0 spiro atoms. The highest BCUT2D eigenvalue weighted by Gasteiger charge is 2.44. The van der Waals surface area contributed by atoms with Crippen molar-refractivity contribution in [1.29, 1.82) is 0 Å². The Kier molecular flexibility index (Phi) is 4.84. The molecule has 29 heavy (non-hydrogen) atoms. The second-order valence-electron chi connectivity index (χ2n) is 7.23. The molecule has 6 nitrogen and oxygen atoms in total. The Bertz CT molecular complexity index is 1080. The molecule has 0 bridgehead atoms. The van der Waals surface area contributed by atoms with Gasteiger partial charge in [-0.05, 0) is 30.2 Å². The minimum atomic E-state index is -0.911. The molecule has 1 aromatic heterocycles. The molecule has 4 rings (SSSR count). The highest BCUT2D eigenvalue weighted by atomic mass is 16.2. The molecule has 0 unspecified atom stereocenters. The third kappa shape index (κ3) is 3.16. The first-order valence-corrected chi connectivity index (χ1v) is 9.64. The predicted molar refractivity (Wildman–Crippen MR) is 111 cm³/mol. The number of imide groups is 1. The number of hydrogen-bond donors (Lipinski definition) is 1. The zero-order chi connectivity index (χ0) is 20.5. The van der Waals surface area contributed by atoms with E-state index >= 15 is 0 Å². The molecule has 1 N–H and O–H groups in total. The van der Waals surface area contributed by atoms with Crippen molar-refractivity contribution < 1.29 is 14.4 Å². The zero-order valence-electron chi connectivity index (χ0n) is 16.3. The van der Waals surface area contributed by atoms with Crippen LogP contribution in [0.4, 0.5) is 5.69 Å². The smallest absolute Gasteiger partial charge is 0.262 e. The Hall–Kier alpha value is -3.54. The van der Waals surface area contributed by atoms with Crippen LogP contribution in [0.25, 0.3) is 10.9 Å². The lowest BCUT2D eigenvalue weighted by atomic mass is 9.96. The van der Waals surface area contributed by atoms with Gasteiger partial charge in [0.15, 0.2) is 0 Å². The van der Waals surface area contributed by atoms with Crippen molar-refractivity contribution in [2.24, 2.45) is 5.92 Å². The van der Waals surface area contributed by atoms with E-state index in [1.165, 1.54) is 0 Å². The molecule has 3 aromatic rings. The number of nitrogens with zero attached hydrogens (tertiary/aromatic N) is 2. The first kappa shape index (κ1) is 18.8. The van der Waals surface area contributed by atoms with E-state index in [0.717, 1.165) is 10.3 Å². The average Bonchev–Trinajstić information content (AvgIpc) is 2.99. The van der Waals surface area contributed by atoms with Gasteiger partial charge >= 0.3 is 0 Å². The van der Waals surface area contributed by atoms with Gasteiger partial charge in [-0.1, -0.05) is 50.6 Å². The Labute approximate surface area is 168 Å². The molecule has 6 heteroatoms. The van der Waals surface area contributed by atoms with Crippen LogP contribution in [0.15, 0.2) is 60.8 Å². The maximum atomic E-state index is 13.3. The molecule has 146 valence electrons. The number of benzene rings is 2. The van der Waals surface area contributed by atoms with Crippen molar-refractivity contribution in [1.82, 2.24) is 9.88 Å². The molecule has 2 heterocycles. The average molecular weight is 387 g/mol. The van der Waals surface area contributed by atoms with Crippen LogP contribution in [-0.4, -0.2) is 33.6 Å². The Morgan fingerprint density at radius 2 is 1.66 bits per heavy atom. The number of hydrogen-bond acceptors (Lipinski definition) is 4. The van der Waals surface area contributed by atoms with Crippen molar-refractivity contribution in [3.8, 4) is 0 Å². The Morgan fingerprint density at radius 1 is 1.00 bits per heavy atom. The minimum Gasteiger partial charge on any atom is -0.322 e. The van der Waals surface area contributed by atoms with Crippen molar-refractivity contribution in [3.63, 3.8) is 0 Å². The summed E-state index contributed by atoms with van der Waals surface area (Å²) < 4.78 is 0. The standard InChI is InChI=1S/C23H21N3O3/c1-3-14(2)20(26-22(28)16-10-4-5-11-17(16)23(26)29)21(27)25-18-12-6-8-15-9-7-13-24-19(15)18/h4-14,20H,3H2,1-2H3,(H,25,27)/t14-,20-/m0/s1. The van der Waals surface area contributed by atoms with Gasteiger partial charge in [-0.3, -0.25) is 24.3 Å². The summed E-state index contributed by atoms with van der Waals surface area (Å²) in [5.41, 5.74) is 1.89. The summed E-state index contributed by atoms with van der Waals surface area (Å²) in [6.07, 6.45) is 2.30. The number of aromatic nitrogens is 1. The van der Waals surface area contributed by atoms with Gasteiger partial charge in [0.1, 0.15) is 6.04 Å². The maximum absolute atomic E-state index is 13.3. The fourth-order valence-electron chi connectivity index (χ4n) is 3.73. The predicted octanol–water partition coefficient (Wildman–Crippen LogP) is 3.88. The summed E-state index contributed by atoms with van der Waals surface area (Å²) in [4.78, 5) is 44.7. The zero-order valence-corrected chi connectivity index (χ0v) is 16.3. The third-order valence-corrected chi connectivity index (χ3v) is 5.45. The number of amides is 3. The molecule has 2 atom stereocenters. The highest BCUT2D eigenvalue weighted by Crippen LogP contribution is 2.29. The van der Waals surface area contributed by atoms with Gasteiger partial charge in [0, 0.05) is 11.6 Å². The molecule has 3 amide bonds. The number of carbonyl (C=O) groups excluding carboxylic acids is 3. The number of nitrogens with one attached hydrogen (secondary N) is 1. The molecular weight excluding hydrogens is 366 g/mol. The molecule has 2 aromatic carbocycles. The van der Waals surface area contributed by atoms with E-state index in [9.17, 15) is 14.4 Å². The topological polar surface area (TPSA) is 79.4 Å². The van der Waals surface area contributed by atoms with Crippen LogP contribution in [0.1, 0.15) is 41.0 Å². The Morgan fingerprint density at radius 3 is 2.31 bits per heavy atom. The maximum Gasteiger partial charge on any atom is 0.262 e. The van der Waals surface area contributed by atoms with Crippen molar-refractivity contribution in [2.75, 3.05) is 5.32 Å². The summed E-state index contributed by atoms with van der Waals surface area (Å²) in [5, 5.41) is 3.79. The van der Waals surface area contributed by atoms with Gasteiger partial charge in [0.2, 0.25) is 5.91 Å². The number of para-hydroxylation sites is 1. The SMILES string of the molecule is CC[C@H](C)[C@@H](C(=O)Nc1cccc2cccnc12)N1C(=O)c2ccccc2C1=O. The second kappa shape index (κ2) is 7.47. The first-order valence-electron chi connectivity index (χ1n) is 9.64. The van der Waals surface area contributed by atoms with E-state index in [4.69, 9.17) is 0 Å². The molecule has 0 radical (unpaired) electrons. The lowest BCUT2D eigenvalue weighted by Crippen LogP contribution is -2.50. The summed E-state index contributed by atoms with van der Waals surface area (Å²) in [5.74, 6) is -1.46. The molecule has 1 aliphatic heterocycles. The lowest BCUT2D eigenvalue weighted by molar-refractivity contribution is -0.121. The van der Waals surface area contributed by atoms with Crippen LogP contribution in [0, 0.1) is 5.92 Å². The van der Waals surface area contributed by atoms with Crippen LogP contribution in [0.2, 0.25) is 0 Å². The molecule has 0 fully saturated rings. The highest BCUT2D eigenvalue weighted by molar-refractivity contribution is 6.23. The normalized spacial score (nSPS) is 15.3. The number of fused-ring (bicyclic) bond motifs is 2. The van der Waals surface area contributed by atoms with Gasteiger partial charge in [0.25, 0.3) is 11.8 Å². The second-order valence-corrected chi connectivity index (χ2v) is 7.23.